The zero-order valence-corrected chi connectivity index (χ0v) is 15.0. The van der Waals surface area contributed by atoms with E-state index < -0.39 is 17.3 Å². The van der Waals surface area contributed by atoms with Crippen LogP contribution in [0.1, 0.15) is 45.2 Å². The largest absolute Gasteiger partial charge is 0.488 e. The van der Waals surface area contributed by atoms with Gasteiger partial charge in [0, 0.05) is 19.0 Å². The molecule has 0 spiro atoms. The van der Waals surface area contributed by atoms with E-state index in [2.05, 4.69) is 5.32 Å². The second kappa shape index (κ2) is 8.58. The van der Waals surface area contributed by atoms with Crippen LogP contribution in [0.5, 0.6) is 5.75 Å². The summed E-state index contributed by atoms with van der Waals surface area (Å²) in [5.41, 5.74) is 4.05. The van der Waals surface area contributed by atoms with Crippen molar-refractivity contribution >= 4 is 18.3 Å². The van der Waals surface area contributed by atoms with E-state index in [1.807, 2.05) is 0 Å². The maximum Gasteiger partial charge on any atom is 0.416 e. The predicted octanol–water partition coefficient (Wildman–Crippen LogP) is 3.66. The van der Waals surface area contributed by atoms with E-state index in [9.17, 15) is 18.0 Å². The monoisotopic (exact) mass is 368 g/mol. The smallest absolute Gasteiger partial charge is 0.416 e. The fraction of sp³-hybridized carbons (Fsp3) is 0.562. The van der Waals surface area contributed by atoms with Crippen molar-refractivity contribution in [3.05, 3.63) is 29.3 Å². The maximum atomic E-state index is 13.2. The molecule has 0 saturated carbocycles. The minimum atomic E-state index is -4.53. The third-order valence-electron chi connectivity index (χ3n) is 2.79. The number of amides is 1. The number of nitrogens with one attached hydrogen (secondary N) is 1. The summed E-state index contributed by atoms with van der Waals surface area (Å²) in [5.74, 6) is -0.251. The highest BCUT2D eigenvalue weighted by atomic mass is 35.5. The summed E-state index contributed by atoms with van der Waals surface area (Å²) in [6.07, 6.45) is -4.47. The van der Waals surface area contributed by atoms with Crippen LogP contribution in [0.15, 0.2) is 18.2 Å². The van der Waals surface area contributed by atoms with Crippen LogP contribution in [0.2, 0.25) is 0 Å². The molecule has 1 aromatic rings. The lowest BCUT2D eigenvalue weighted by Gasteiger charge is -2.23. The lowest BCUT2D eigenvalue weighted by Crippen LogP contribution is -2.30. The van der Waals surface area contributed by atoms with Crippen molar-refractivity contribution in [1.82, 2.24) is 5.32 Å². The Morgan fingerprint density at radius 2 is 1.88 bits per heavy atom. The SMILES string of the molecule is CC(N)CC(=O)NCc1ccc(OC(C)(C)C)cc1C(F)(F)F.Cl. The summed E-state index contributed by atoms with van der Waals surface area (Å²) in [6, 6.07) is 3.39. The van der Waals surface area contributed by atoms with Gasteiger partial charge in [-0.3, -0.25) is 4.79 Å². The minimum Gasteiger partial charge on any atom is -0.488 e. The van der Waals surface area contributed by atoms with Crippen LogP contribution in [0, 0.1) is 0 Å². The number of ether oxygens (including phenoxy) is 1. The highest BCUT2D eigenvalue weighted by molar-refractivity contribution is 5.85. The molecule has 0 aliphatic heterocycles. The van der Waals surface area contributed by atoms with Gasteiger partial charge in [-0.25, -0.2) is 0 Å². The normalized spacial score (nSPS) is 13.0. The minimum absolute atomic E-state index is 0. The molecule has 1 atom stereocenters. The number of carbonyl (C=O) groups excluding carboxylic acids is 1. The highest BCUT2D eigenvalue weighted by Gasteiger charge is 2.34. The van der Waals surface area contributed by atoms with Gasteiger partial charge < -0.3 is 15.8 Å². The summed E-state index contributed by atoms with van der Waals surface area (Å²) >= 11 is 0. The Morgan fingerprint density at radius 1 is 1.29 bits per heavy atom. The third kappa shape index (κ3) is 7.88. The summed E-state index contributed by atoms with van der Waals surface area (Å²) in [6.45, 7) is 6.70. The lowest BCUT2D eigenvalue weighted by molar-refractivity contribution is -0.138. The number of halogens is 4. The first-order valence-corrected chi connectivity index (χ1v) is 7.30. The summed E-state index contributed by atoms with van der Waals surface area (Å²) in [7, 11) is 0. The average Bonchev–Trinajstić information content (AvgIpc) is 2.33. The molecule has 0 aromatic heterocycles. The van der Waals surface area contributed by atoms with E-state index in [1.54, 1.807) is 27.7 Å². The van der Waals surface area contributed by atoms with Crippen molar-refractivity contribution in [3.63, 3.8) is 0 Å². The predicted molar refractivity (Wildman–Crippen MR) is 89.2 cm³/mol. The number of alkyl halides is 3. The van der Waals surface area contributed by atoms with Crippen molar-refractivity contribution in [2.75, 3.05) is 0 Å². The molecule has 0 heterocycles. The molecule has 3 N–H and O–H groups in total. The van der Waals surface area contributed by atoms with Gasteiger partial charge in [0.25, 0.3) is 0 Å². The molecule has 0 aliphatic carbocycles. The molecular formula is C16H24ClF3N2O2. The Kier molecular flexibility index (Phi) is 8.05. The maximum absolute atomic E-state index is 13.2. The molecule has 0 radical (unpaired) electrons. The zero-order chi connectivity index (χ0) is 17.8. The Labute approximate surface area is 146 Å². The molecule has 8 heteroatoms. The van der Waals surface area contributed by atoms with Crippen molar-refractivity contribution in [2.45, 2.75) is 58.5 Å². The second-order valence-corrected chi connectivity index (χ2v) is 6.49. The van der Waals surface area contributed by atoms with Gasteiger partial charge in [0.15, 0.2) is 0 Å². The molecule has 1 amide bonds. The standard InChI is InChI=1S/C16H23F3N2O2.ClH/c1-10(20)7-14(22)21-9-11-5-6-12(23-15(2,3)4)8-13(11)16(17,18)19;/h5-6,8,10H,7,9,20H2,1-4H3,(H,21,22);1H. The Morgan fingerprint density at radius 3 is 2.33 bits per heavy atom. The van der Waals surface area contributed by atoms with E-state index in [0.717, 1.165) is 6.07 Å². The Bertz CT molecular complexity index is 555. The first-order chi connectivity index (χ1) is 10.4. The molecular weight excluding hydrogens is 345 g/mol. The third-order valence-corrected chi connectivity index (χ3v) is 2.79. The van der Waals surface area contributed by atoms with Crippen molar-refractivity contribution in [2.24, 2.45) is 5.73 Å². The topological polar surface area (TPSA) is 64.4 Å². The summed E-state index contributed by atoms with van der Waals surface area (Å²) in [5, 5.41) is 2.45. The average molecular weight is 369 g/mol. The van der Waals surface area contributed by atoms with Gasteiger partial charge in [-0.15, -0.1) is 12.4 Å². The van der Waals surface area contributed by atoms with Crippen molar-refractivity contribution in [3.8, 4) is 5.75 Å². The van der Waals surface area contributed by atoms with Gasteiger partial charge in [-0.2, -0.15) is 13.2 Å². The molecule has 0 saturated heterocycles. The zero-order valence-electron chi connectivity index (χ0n) is 14.2. The number of rotatable bonds is 5. The quantitative estimate of drug-likeness (QED) is 0.833. The van der Waals surface area contributed by atoms with E-state index in [-0.39, 0.29) is 48.6 Å². The molecule has 0 bridgehead atoms. The van der Waals surface area contributed by atoms with Gasteiger partial charge in [0.05, 0.1) is 5.56 Å². The fourth-order valence-electron chi connectivity index (χ4n) is 1.95. The van der Waals surface area contributed by atoms with E-state index in [4.69, 9.17) is 10.5 Å². The van der Waals surface area contributed by atoms with Crippen LogP contribution in [0.4, 0.5) is 13.2 Å². The van der Waals surface area contributed by atoms with Gasteiger partial charge in [0.1, 0.15) is 11.4 Å². The highest BCUT2D eigenvalue weighted by Crippen LogP contribution is 2.35. The molecule has 1 unspecified atom stereocenters. The first kappa shape index (κ1) is 22.5. The van der Waals surface area contributed by atoms with Crippen molar-refractivity contribution in [1.29, 1.82) is 0 Å². The van der Waals surface area contributed by atoms with Gasteiger partial charge in [0.2, 0.25) is 5.91 Å². The molecule has 138 valence electrons. The molecule has 4 nitrogen and oxygen atoms in total. The molecule has 1 rings (SSSR count). The van der Waals surface area contributed by atoms with E-state index in [1.165, 1.54) is 12.1 Å². The van der Waals surface area contributed by atoms with Crippen LogP contribution < -0.4 is 15.8 Å². The summed E-state index contributed by atoms with van der Waals surface area (Å²) in [4.78, 5) is 11.5. The van der Waals surface area contributed by atoms with Gasteiger partial charge >= 0.3 is 6.18 Å². The van der Waals surface area contributed by atoms with Crippen molar-refractivity contribution < 1.29 is 22.7 Å². The van der Waals surface area contributed by atoms with Crippen LogP contribution in [-0.4, -0.2) is 17.6 Å². The number of benzene rings is 1. The van der Waals surface area contributed by atoms with Gasteiger partial charge in [-0.1, -0.05) is 6.07 Å². The molecule has 0 aliphatic rings. The van der Waals surface area contributed by atoms with Crippen LogP contribution in [0.25, 0.3) is 0 Å². The number of carbonyl (C=O) groups is 1. The summed E-state index contributed by atoms with van der Waals surface area (Å²) < 4.78 is 45.1. The van der Waals surface area contributed by atoms with E-state index in [0.29, 0.717) is 0 Å². The molecule has 1 aromatic carbocycles. The number of hydrogen-bond acceptors (Lipinski definition) is 3. The molecule has 0 fully saturated rings. The number of nitrogens with two attached hydrogens (primary N) is 1. The first-order valence-electron chi connectivity index (χ1n) is 7.30. The Hall–Kier alpha value is -1.47. The lowest BCUT2D eigenvalue weighted by atomic mass is 10.1. The van der Waals surface area contributed by atoms with Crippen LogP contribution in [-0.2, 0) is 17.5 Å². The van der Waals surface area contributed by atoms with Crippen LogP contribution in [0.3, 0.4) is 0 Å². The van der Waals surface area contributed by atoms with Gasteiger partial charge in [-0.05, 0) is 45.4 Å². The number of hydrogen-bond donors (Lipinski definition) is 2. The molecule has 24 heavy (non-hydrogen) atoms. The van der Waals surface area contributed by atoms with E-state index >= 15 is 0 Å². The second-order valence-electron chi connectivity index (χ2n) is 6.49. The fourth-order valence-corrected chi connectivity index (χ4v) is 1.95. The van der Waals surface area contributed by atoms with Crippen LogP contribution >= 0.6 is 12.4 Å². The Balaban J connectivity index is 0.00000529.